The van der Waals surface area contributed by atoms with Crippen LogP contribution in [0.25, 0.3) is 0 Å². The second kappa shape index (κ2) is 8.22. The summed E-state index contributed by atoms with van der Waals surface area (Å²) in [5, 5.41) is 21.9. The van der Waals surface area contributed by atoms with E-state index in [1.165, 1.54) is 0 Å². The van der Waals surface area contributed by atoms with Gasteiger partial charge in [-0.05, 0) is 48.5 Å². The molecule has 7 nitrogen and oxygen atoms in total. The van der Waals surface area contributed by atoms with Gasteiger partial charge in [-0.2, -0.15) is 0 Å². The Morgan fingerprint density at radius 1 is 1.13 bits per heavy atom. The van der Waals surface area contributed by atoms with Crippen molar-refractivity contribution in [3.05, 3.63) is 60.2 Å². The topological polar surface area (TPSA) is 99.3 Å². The summed E-state index contributed by atoms with van der Waals surface area (Å²) in [5.41, 5.74) is 7.50. The van der Waals surface area contributed by atoms with Crippen LogP contribution in [-0.4, -0.2) is 57.5 Å². The van der Waals surface area contributed by atoms with Crippen molar-refractivity contribution in [1.82, 2.24) is 4.90 Å². The average Bonchev–Trinajstić information content (AvgIpc) is 3.04. The first-order chi connectivity index (χ1) is 14.4. The maximum atomic E-state index is 12.3. The van der Waals surface area contributed by atoms with Crippen LogP contribution >= 0.6 is 12.2 Å². The minimum absolute atomic E-state index is 0.0972. The molecule has 1 saturated heterocycles. The number of fused-ring (bicyclic) bond motifs is 1. The van der Waals surface area contributed by atoms with Crippen LogP contribution in [0.5, 0.6) is 5.75 Å². The van der Waals surface area contributed by atoms with Crippen molar-refractivity contribution in [2.75, 3.05) is 12.0 Å². The molecule has 1 aliphatic heterocycles. The predicted molar refractivity (Wildman–Crippen MR) is 117 cm³/mol. The van der Waals surface area contributed by atoms with Gasteiger partial charge >= 0.3 is 0 Å². The highest BCUT2D eigenvalue weighted by Gasteiger charge is 2.56. The number of ether oxygens (including phenoxy) is 1. The van der Waals surface area contributed by atoms with Crippen LogP contribution in [0.4, 0.5) is 5.69 Å². The van der Waals surface area contributed by atoms with Crippen molar-refractivity contribution in [3.63, 3.8) is 0 Å². The molecule has 0 radical (unpaired) electrons. The quantitative estimate of drug-likeness (QED) is 0.618. The number of nitrogens with zero attached hydrogens (tertiary/aromatic N) is 2. The number of anilines is 1. The van der Waals surface area contributed by atoms with Gasteiger partial charge in [0, 0.05) is 12.2 Å². The summed E-state index contributed by atoms with van der Waals surface area (Å²) in [6, 6.07) is 16.1. The lowest BCUT2D eigenvalue weighted by Gasteiger charge is -2.42. The number of aliphatic hydroxyl groups is 2. The number of primary amides is 1. The van der Waals surface area contributed by atoms with Crippen LogP contribution in [0.2, 0.25) is 0 Å². The zero-order valence-electron chi connectivity index (χ0n) is 16.6. The molecule has 158 valence electrons. The number of benzene rings is 2. The lowest BCUT2D eigenvalue weighted by Crippen LogP contribution is -2.60. The minimum Gasteiger partial charge on any atom is -0.497 e. The molecular weight excluding hydrogens is 402 g/mol. The third-order valence-electron chi connectivity index (χ3n) is 6.02. The molecule has 30 heavy (non-hydrogen) atoms. The van der Waals surface area contributed by atoms with Crippen molar-refractivity contribution in [1.29, 1.82) is 0 Å². The Morgan fingerprint density at radius 2 is 1.80 bits per heavy atom. The molecule has 0 bridgehead atoms. The second-order valence-corrected chi connectivity index (χ2v) is 8.11. The monoisotopic (exact) mass is 427 g/mol. The SMILES string of the molecule is COc1ccc(CN2C(=S)N(c3ccccc3)[C@H]3[C@@H]2[C@@H](O)[C@H](O)C[C@H]3C(N)=O)cc1. The van der Waals surface area contributed by atoms with E-state index in [9.17, 15) is 15.0 Å². The van der Waals surface area contributed by atoms with Gasteiger partial charge < -0.3 is 30.5 Å². The highest BCUT2D eigenvalue weighted by atomic mass is 32.1. The molecule has 2 aliphatic rings. The Balaban J connectivity index is 1.75. The average molecular weight is 428 g/mol. The van der Waals surface area contributed by atoms with E-state index in [1.807, 2.05) is 64.4 Å². The first-order valence-corrected chi connectivity index (χ1v) is 10.3. The van der Waals surface area contributed by atoms with Crippen LogP contribution in [0.15, 0.2) is 54.6 Å². The van der Waals surface area contributed by atoms with Crippen molar-refractivity contribution in [2.45, 2.75) is 37.3 Å². The molecule has 4 rings (SSSR count). The molecule has 2 aromatic rings. The molecule has 8 heteroatoms. The number of carbonyl (C=O) groups is 1. The summed E-state index contributed by atoms with van der Waals surface area (Å²) in [5.74, 6) is -0.410. The molecule has 5 atom stereocenters. The summed E-state index contributed by atoms with van der Waals surface area (Å²) in [6.45, 7) is 0.419. The Labute approximate surface area is 180 Å². The lowest BCUT2D eigenvalue weighted by atomic mass is 9.76. The number of para-hydroxylation sites is 1. The zero-order chi connectivity index (χ0) is 21.4. The Kier molecular flexibility index (Phi) is 5.64. The smallest absolute Gasteiger partial charge is 0.222 e. The molecule has 0 aromatic heterocycles. The summed E-state index contributed by atoms with van der Waals surface area (Å²) in [4.78, 5) is 16.1. The molecule has 2 fully saturated rings. The number of amides is 1. The molecule has 1 aliphatic carbocycles. The van der Waals surface area contributed by atoms with Gasteiger partial charge in [0.1, 0.15) is 11.9 Å². The maximum absolute atomic E-state index is 12.3. The van der Waals surface area contributed by atoms with E-state index in [0.29, 0.717) is 11.7 Å². The number of methoxy groups -OCH3 is 1. The molecule has 0 spiro atoms. The van der Waals surface area contributed by atoms with E-state index in [1.54, 1.807) is 7.11 Å². The van der Waals surface area contributed by atoms with Gasteiger partial charge in [0.15, 0.2) is 5.11 Å². The third-order valence-corrected chi connectivity index (χ3v) is 6.45. The van der Waals surface area contributed by atoms with Gasteiger partial charge in [0.05, 0.1) is 31.2 Å². The number of hydrogen-bond donors (Lipinski definition) is 3. The van der Waals surface area contributed by atoms with E-state index in [0.717, 1.165) is 17.0 Å². The van der Waals surface area contributed by atoms with E-state index >= 15 is 0 Å². The number of rotatable bonds is 5. The van der Waals surface area contributed by atoms with Gasteiger partial charge in [-0.1, -0.05) is 30.3 Å². The van der Waals surface area contributed by atoms with E-state index < -0.39 is 36.1 Å². The fourth-order valence-electron chi connectivity index (χ4n) is 4.56. The predicted octanol–water partition coefficient (Wildman–Crippen LogP) is 1.27. The first-order valence-electron chi connectivity index (χ1n) is 9.85. The molecule has 4 N–H and O–H groups in total. The van der Waals surface area contributed by atoms with Crippen molar-refractivity contribution in [3.8, 4) is 5.75 Å². The van der Waals surface area contributed by atoms with Crippen LogP contribution in [0, 0.1) is 5.92 Å². The van der Waals surface area contributed by atoms with Gasteiger partial charge in [-0.25, -0.2) is 0 Å². The Bertz CT molecular complexity index is 924. The molecule has 0 unspecified atom stereocenters. The van der Waals surface area contributed by atoms with Gasteiger partial charge in [0.2, 0.25) is 5.91 Å². The lowest BCUT2D eigenvalue weighted by molar-refractivity contribution is -0.129. The van der Waals surface area contributed by atoms with Gasteiger partial charge in [-0.15, -0.1) is 0 Å². The summed E-state index contributed by atoms with van der Waals surface area (Å²) >= 11 is 5.82. The van der Waals surface area contributed by atoms with Crippen LogP contribution in [-0.2, 0) is 11.3 Å². The largest absolute Gasteiger partial charge is 0.497 e. The van der Waals surface area contributed by atoms with Gasteiger partial charge in [0.25, 0.3) is 0 Å². The summed E-state index contributed by atoms with van der Waals surface area (Å²) in [6.07, 6.45) is -2.02. The molecular formula is C22H25N3O4S. The molecule has 1 saturated carbocycles. The number of nitrogens with two attached hydrogens (primary N) is 1. The van der Waals surface area contributed by atoms with Gasteiger partial charge in [-0.3, -0.25) is 4.79 Å². The fraction of sp³-hybridized carbons (Fsp3) is 0.364. The van der Waals surface area contributed by atoms with Crippen LogP contribution in [0.1, 0.15) is 12.0 Å². The van der Waals surface area contributed by atoms with Crippen molar-refractivity contribution in [2.24, 2.45) is 11.7 Å². The molecule has 1 amide bonds. The van der Waals surface area contributed by atoms with E-state index in [4.69, 9.17) is 22.7 Å². The summed E-state index contributed by atoms with van der Waals surface area (Å²) in [7, 11) is 1.61. The molecule has 1 heterocycles. The fourth-order valence-corrected chi connectivity index (χ4v) is 4.97. The zero-order valence-corrected chi connectivity index (χ0v) is 17.4. The third kappa shape index (κ3) is 3.51. The number of thiocarbonyl (C=S) groups is 1. The van der Waals surface area contributed by atoms with E-state index in [2.05, 4.69) is 0 Å². The normalized spacial score (nSPS) is 28.4. The second-order valence-electron chi connectivity index (χ2n) is 7.75. The highest BCUT2D eigenvalue weighted by Crippen LogP contribution is 2.41. The van der Waals surface area contributed by atoms with Crippen LogP contribution < -0.4 is 15.4 Å². The standard InChI is InChI=1S/C22H25N3O4S/c1-29-15-9-7-13(8-10-15)12-24-19-18(16(21(23)28)11-17(26)20(19)27)25(22(24)30)14-5-3-2-4-6-14/h2-10,16-20,26-27H,11-12H2,1H3,(H2,23,28)/t16-,17-,18-,19-,20+/m1/s1. The first kappa shape index (κ1) is 20.6. The summed E-state index contributed by atoms with van der Waals surface area (Å²) < 4.78 is 5.22. The minimum atomic E-state index is -1.06. The van der Waals surface area contributed by atoms with Crippen molar-refractivity contribution < 1.29 is 19.7 Å². The maximum Gasteiger partial charge on any atom is 0.222 e. The number of aliphatic hydroxyl groups excluding tert-OH is 2. The molecule has 2 aromatic carbocycles. The van der Waals surface area contributed by atoms with E-state index in [-0.39, 0.29) is 6.42 Å². The Hall–Kier alpha value is -2.68. The number of hydrogen-bond acceptors (Lipinski definition) is 5. The Morgan fingerprint density at radius 3 is 2.40 bits per heavy atom. The van der Waals surface area contributed by atoms with Crippen molar-refractivity contribution >= 4 is 28.9 Å². The highest BCUT2D eigenvalue weighted by molar-refractivity contribution is 7.80. The number of carbonyl (C=O) groups excluding carboxylic acids is 1. The van der Waals surface area contributed by atoms with Crippen LogP contribution in [0.3, 0.4) is 0 Å².